The van der Waals surface area contributed by atoms with Crippen LogP contribution in [-0.4, -0.2) is 36.4 Å². The molecule has 158 valence electrons. The zero-order valence-corrected chi connectivity index (χ0v) is 17.0. The molecule has 0 radical (unpaired) electrons. The molecule has 1 aromatic heterocycles. The van der Waals surface area contributed by atoms with E-state index < -0.39 is 29.4 Å². The van der Waals surface area contributed by atoms with Crippen LogP contribution in [0, 0.1) is 5.92 Å². The van der Waals surface area contributed by atoms with Crippen molar-refractivity contribution in [3.63, 3.8) is 0 Å². The van der Waals surface area contributed by atoms with Gasteiger partial charge in [0, 0.05) is 24.6 Å². The van der Waals surface area contributed by atoms with Crippen LogP contribution in [-0.2, 0) is 10.9 Å². The molecule has 2 aliphatic rings. The van der Waals surface area contributed by atoms with Crippen molar-refractivity contribution in [3.8, 4) is 0 Å². The Balaban J connectivity index is 1.42. The van der Waals surface area contributed by atoms with Crippen molar-refractivity contribution < 1.29 is 27.5 Å². The highest BCUT2D eigenvalue weighted by Crippen LogP contribution is 2.42. The minimum absolute atomic E-state index is 0.257. The number of ketones is 1. The molecule has 5 nitrogen and oxygen atoms in total. The molecule has 1 aromatic carbocycles. The average molecular weight is 436 g/mol. The lowest BCUT2D eigenvalue weighted by Crippen LogP contribution is -2.24. The predicted octanol–water partition coefficient (Wildman–Crippen LogP) is 4.75. The summed E-state index contributed by atoms with van der Waals surface area (Å²) >= 11 is 1.25. The van der Waals surface area contributed by atoms with Crippen LogP contribution >= 0.6 is 11.3 Å². The second-order valence-corrected chi connectivity index (χ2v) is 8.31. The van der Waals surface area contributed by atoms with Gasteiger partial charge in [-0.15, -0.1) is 0 Å². The molecule has 1 aliphatic carbocycles. The van der Waals surface area contributed by atoms with E-state index in [9.17, 15) is 22.8 Å². The first-order valence-electron chi connectivity index (χ1n) is 9.56. The molecule has 0 atom stereocenters. The number of benzene rings is 1. The highest BCUT2D eigenvalue weighted by atomic mass is 32.1. The SMILES string of the molecule is CCOC(=O)c1cnc(N2CC3=C(CC(C(=O)c4ccccc4C(F)(F)F)C3)C2)s1. The zero-order valence-electron chi connectivity index (χ0n) is 16.2. The summed E-state index contributed by atoms with van der Waals surface area (Å²) in [6.07, 6.45) is -2.17. The number of ether oxygens (including phenoxy) is 1. The molecule has 0 amide bonds. The van der Waals surface area contributed by atoms with Gasteiger partial charge >= 0.3 is 12.1 Å². The Hall–Kier alpha value is -2.68. The number of anilines is 1. The van der Waals surface area contributed by atoms with E-state index in [1.54, 1.807) is 6.92 Å². The Bertz CT molecular complexity index is 1010. The molecule has 0 unspecified atom stereocenters. The topological polar surface area (TPSA) is 59.5 Å². The highest BCUT2D eigenvalue weighted by molar-refractivity contribution is 7.17. The third kappa shape index (κ3) is 3.86. The molecule has 0 saturated carbocycles. The van der Waals surface area contributed by atoms with Crippen molar-refractivity contribution in [1.29, 1.82) is 0 Å². The van der Waals surface area contributed by atoms with Gasteiger partial charge in [-0.05, 0) is 37.0 Å². The van der Waals surface area contributed by atoms with E-state index in [1.165, 1.54) is 35.7 Å². The van der Waals surface area contributed by atoms with Gasteiger partial charge in [-0.3, -0.25) is 4.79 Å². The van der Waals surface area contributed by atoms with Crippen LogP contribution in [0.4, 0.5) is 18.3 Å². The van der Waals surface area contributed by atoms with Crippen LogP contribution in [0.1, 0.15) is 45.4 Å². The van der Waals surface area contributed by atoms with E-state index in [1.807, 2.05) is 4.90 Å². The normalized spacial score (nSPS) is 16.9. The number of esters is 1. The summed E-state index contributed by atoms with van der Waals surface area (Å²) in [5.74, 6) is -1.33. The Labute approximate surface area is 175 Å². The maximum atomic E-state index is 13.3. The minimum Gasteiger partial charge on any atom is -0.462 e. The summed E-state index contributed by atoms with van der Waals surface area (Å²) in [5, 5.41) is 0.692. The molecule has 0 bridgehead atoms. The number of aromatic nitrogens is 1. The van der Waals surface area contributed by atoms with E-state index in [0.29, 0.717) is 42.5 Å². The summed E-state index contributed by atoms with van der Waals surface area (Å²) < 4.78 is 44.8. The standard InChI is InChI=1S/C21H19F3N2O3S/c1-2-29-19(28)17-9-25-20(30-17)26-10-13-7-12(8-14(13)11-26)18(27)15-5-3-4-6-16(15)21(22,23)24/h3-6,9,12H,2,7-8,10-11H2,1H3. The van der Waals surface area contributed by atoms with E-state index in [0.717, 1.165) is 17.2 Å². The molecule has 0 N–H and O–H groups in total. The van der Waals surface area contributed by atoms with Crippen LogP contribution in [0.2, 0.25) is 0 Å². The quantitative estimate of drug-likeness (QED) is 0.385. The van der Waals surface area contributed by atoms with Gasteiger partial charge < -0.3 is 9.64 Å². The van der Waals surface area contributed by atoms with Crippen molar-refractivity contribution in [2.45, 2.75) is 25.9 Å². The fraction of sp³-hybridized carbons (Fsp3) is 0.381. The third-order valence-corrected chi connectivity index (χ3v) is 6.40. The second-order valence-electron chi connectivity index (χ2n) is 7.30. The van der Waals surface area contributed by atoms with Crippen molar-refractivity contribution in [1.82, 2.24) is 4.98 Å². The van der Waals surface area contributed by atoms with Gasteiger partial charge in [0.1, 0.15) is 4.88 Å². The highest BCUT2D eigenvalue weighted by Gasteiger charge is 2.40. The van der Waals surface area contributed by atoms with Crippen LogP contribution in [0.15, 0.2) is 41.6 Å². The second kappa shape index (κ2) is 7.86. The van der Waals surface area contributed by atoms with Gasteiger partial charge in [-0.1, -0.05) is 29.5 Å². The van der Waals surface area contributed by atoms with E-state index in [2.05, 4.69) is 4.98 Å². The maximum Gasteiger partial charge on any atom is 0.417 e. The Morgan fingerprint density at radius 2 is 1.87 bits per heavy atom. The van der Waals surface area contributed by atoms with E-state index in [-0.39, 0.29) is 5.56 Å². The molecule has 30 heavy (non-hydrogen) atoms. The minimum atomic E-state index is -4.56. The first-order chi connectivity index (χ1) is 14.3. The van der Waals surface area contributed by atoms with Gasteiger partial charge in [0.25, 0.3) is 0 Å². The number of carbonyl (C=O) groups is 2. The number of hydrogen-bond acceptors (Lipinski definition) is 6. The molecule has 1 aliphatic heterocycles. The van der Waals surface area contributed by atoms with Gasteiger partial charge in [0.15, 0.2) is 10.9 Å². The summed E-state index contributed by atoms with van der Waals surface area (Å²) in [5.41, 5.74) is 1.02. The molecule has 0 fully saturated rings. The van der Waals surface area contributed by atoms with Crippen molar-refractivity contribution >= 4 is 28.2 Å². The number of rotatable bonds is 5. The molecule has 2 aromatic rings. The smallest absolute Gasteiger partial charge is 0.417 e. The number of alkyl halides is 3. The van der Waals surface area contributed by atoms with Gasteiger partial charge in [-0.2, -0.15) is 13.2 Å². The fourth-order valence-corrected chi connectivity index (χ4v) is 4.83. The molecule has 2 heterocycles. The predicted molar refractivity (Wildman–Crippen MR) is 106 cm³/mol. The number of carbonyl (C=O) groups excluding carboxylic acids is 2. The monoisotopic (exact) mass is 436 g/mol. The number of Topliss-reactive ketones (excluding diaryl/α,β-unsaturated/α-hetero) is 1. The van der Waals surface area contributed by atoms with E-state index >= 15 is 0 Å². The molecular weight excluding hydrogens is 417 g/mol. The lowest BCUT2D eigenvalue weighted by atomic mass is 9.90. The van der Waals surface area contributed by atoms with Crippen LogP contribution in [0.3, 0.4) is 0 Å². The Morgan fingerprint density at radius 1 is 1.20 bits per heavy atom. The Kier molecular flexibility index (Phi) is 5.40. The first-order valence-corrected chi connectivity index (χ1v) is 10.4. The van der Waals surface area contributed by atoms with Crippen molar-refractivity contribution in [3.05, 3.63) is 57.6 Å². The first kappa shape index (κ1) is 20.6. The number of nitrogens with zero attached hydrogens (tertiary/aromatic N) is 2. The summed E-state index contributed by atoms with van der Waals surface area (Å²) in [4.78, 5) is 31.4. The summed E-state index contributed by atoms with van der Waals surface area (Å²) in [7, 11) is 0. The van der Waals surface area contributed by atoms with Crippen LogP contribution in [0.25, 0.3) is 0 Å². The third-order valence-electron chi connectivity index (χ3n) is 5.36. The summed E-state index contributed by atoms with van der Waals surface area (Å²) in [6.45, 7) is 3.16. The molecule has 0 saturated heterocycles. The molecule has 4 rings (SSSR count). The molecular formula is C21H19F3N2O3S. The van der Waals surface area contributed by atoms with Crippen molar-refractivity contribution in [2.75, 3.05) is 24.6 Å². The number of hydrogen-bond donors (Lipinski definition) is 0. The average Bonchev–Trinajstić information content (AvgIpc) is 3.41. The van der Waals surface area contributed by atoms with Crippen LogP contribution < -0.4 is 4.90 Å². The number of halogens is 3. The van der Waals surface area contributed by atoms with Crippen LogP contribution in [0.5, 0.6) is 0 Å². The van der Waals surface area contributed by atoms with Gasteiger partial charge in [0.2, 0.25) is 0 Å². The van der Waals surface area contributed by atoms with Crippen molar-refractivity contribution in [2.24, 2.45) is 5.92 Å². The van der Waals surface area contributed by atoms with E-state index in [4.69, 9.17) is 4.74 Å². The maximum absolute atomic E-state index is 13.3. The lowest BCUT2D eigenvalue weighted by Gasteiger charge is -2.20. The largest absolute Gasteiger partial charge is 0.462 e. The Morgan fingerprint density at radius 3 is 2.50 bits per heavy atom. The zero-order chi connectivity index (χ0) is 21.5. The molecule has 0 spiro atoms. The fourth-order valence-electron chi connectivity index (χ4n) is 4.02. The summed E-state index contributed by atoms with van der Waals surface area (Å²) in [6, 6.07) is 4.97. The lowest BCUT2D eigenvalue weighted by molar-refractivity contribution is -0.137. The van der Waals surface area contributed by atoms with Gasteiger partial charge in [0.05, 0.1) is 18.4 Å². The van der Waals surface area contributed by atoms with Gasteiger partial charge in [-0.25, -0.2) is 9.78 Å². The molecule has 9 heteroatoms. The number of thiazole rings is 1.